The molecule has 4 aromatic rings. The highest BCUT2D eigenvalue weighted by Gasteiger charge is 2.45. The summed E-state index contributed by atoms with van der Waals surface area (Å²) in [5.41, 5.74) is 1.72. The normalized spacial score (nSPS) is 17.8. The first-order chi connectivity index (χ1) is 26.9. The van der Waals surface area contributed by atoms with E-state index < -0.39 is 38.3 Å². The molecule has 1 aliphatic heterocycles. The number of benzene rings is 3. The second-order valence-corrected chi connectivity index (χ2v) is 15.9. The third-order valence-corrected chi connectivity index (χ3v) is 11.6. The molecule has 12 nitrogen and oxygen atoms in total. The minimum absolute atomic E-state index is 0.0640. The Morgan fingerprint density at radius 2 is 1.48 bits per heavy atom. The van der Waals surface area contributed by atoms with Crippen LogP contribution in [0.4, 0.5) is 0 Å². The fraction of sp³-hybridized carbons (Fsp3) is 0.465. The van der Waals surface area contributed by atoms with E-state index >= 15 is 0 Å². The number of rotatable bonds is 19. The molecule has 300 valence electrons. The fourth-order valence-corrected chi connectivity index (χ4v) is 8.68. The first-order valence-electron chi connectivity index (χ1n) is 19.1. The van der Waals surface area contributed by atoms with E-state index in [1.807, 2.05) is 99.6 Å². The van der Waals surface area contributed by atoms with E-state index in [2.05, 4.69) is 43.4 Å². The van der Waals surface area contributed by atoms with Crippen LogP contribution in [-0.2, 0) is 24.1 Å². The lowest BCUT2D eigenvalue weighted by Crippen LogP contribution is -2.39. The summed E-state index contributed by atoms with van der Waals surface area (Å²) >= 11 is 0. The molecule has 0 aliphatic carbocycles. The zero-order chi connectivity index (χ0) is 40.4. The lowest BCUT2D eigenvalue weighted by atomic mass is 9.80. The number of methoxy groups -OCH3 is 2. The third kappa shape index (κ3) is 9.96. The summed E-state index contributed by atoms with van der Waals surface area (Å²) in [4.78, 5) is 17.9. The molecule has 5 rings (SSSR count). The quantitative estimate of drug-likeness (QED) is 0.0518. The highest BCUT2D eigenvalue weighted by atomic mass is 31.2. The molecule has 3 aromatic carbocycles. The topological polar surface area (TPSA) is 127 Å². The first kappa shape index (κ1) is 42.8. The molecule has 13 heteroatoms. The molecular formula is C43H55N4O8P. The smallest absolute Gasteiger partial charge is 0.352 e. The van der Waals surface area contributed by atoms with Crippen LogP contribution in [0.25, 0.3) is 0 Å². The number of aryl methyl sites for hydroxylation is 1. The Labute approximate surface area is 332 Å². The average Bonchev–Trinajstić information content (AvgIpc) is 3.58. The second kappa shape index (κ2) is 19.7. The Kier molecular flexibility index (Phi) is 15.0. The van der Waals surface area contributed by atoms with E-state index in [-0.39, 0.29) is 43.7 Å². The van der Waals surface area contributed by atoms with Gasteiger partial charge in [0.2, 0.25) is 5.88 Å². The molecule has 0 radical (unpaired) electrons. The molecule has 1 saturated heterocycles. The van der Waals surface area contributed by atoms with Crippen LogP contribution in [0.1, 0.15) is 82.9 Å². The molecule has 0 N–H and O–H groups in total. The minimum Gasteiger partial charge on any atom is -0.497 e. The fourth-order valence-electron chi connectivity index (χ4n) is 6.92. The van der Waals surface area contributed by atoms with E-state index in [1.54, 1.807) is 20.4 Å². The molecule has 1 aliphatic rings. The van der Waals surface area contributed by atoms with Gasteiger partial charge >= 0.3 is 5.69 Å². The first-order valence-corrected chi connectivity index (χ1v) is 20.2. The number of nitriles is 1. The number of nitrogens with zero attached hydrogens (tertiary/aromatic N) is 4. The highest BCUT2D eigenvalue weighted by Crippen LogP contribution is 2.50. The zero-order valence-electron chi connectivity index (χ0n) is 33.9. The van der Waals surface area contributed by atoms with Gasteiger partial charge < -0.3 is 32.7 Å². The minimum atomic E-state index is -1.66. The van der Waals surface area contributed by atoms with Crippen molar-refractivity contribution in [3.8, 4) is 23.4 Å². The van der Waals surface area contributed by atoms with E-state index in [0.29, 0.717) is 23.5 Å². The molecule has 2 heterocycles. The van der Waals surface area contributed by atoms with Crippen LogP contribution in [0.15, 0.2) is 89.9 Å². The summed E-state index contributed by atoms with van der Waals surface area (Å²) in [6.07, 6.45) is 0.142. The Morgan fingerprint density at radius 1 is 0.911 bits per heavy atom. The largest absolute Gasteiger partial charge is 0.497 e. The van der Waals surface area contributed by atoms with Gasteiger partial charge in [0.1, 0.15) is 29.4 Å². The predicted octanol–water partition coefficient (Wildman–Crippen LogP) is 8.31. The summed E-state index contributed by atoms with van der Waals surface area (Å²) in [5, 5.41) is 9.35. The molecule has 1 aromatic heterocycles. The Morgan fingerprint density at radius 3 is 2.00 bits per heavy atom. The number of ether oxygens (including phenoxy) is 5. The summed E-state index contributed by atoms with van der Waals surface area (Å²) in [7, 11) is 1.62. The van der Waals surface area contributed by atoms with Crippen molar-refractivity contribution in [2.75, 3.05) is 27.4 Å². The van der Waals surface area contributed by atoms with Crippen molar-refractivity contribution in [3.05, 3.63) is 118 Å². The summed E-state index contributed by atoms with van der Waals surface area (Å²) in [6, 6.07) is 28.0. The lowest BCUT2D eigenvalue weighted by molar-refractivity contribution is -0.0926. The van der Waals surface area contributed by atoms with Gasteiger partial charge in [-0.05, 0) is 89.4 Å². The van der Waals surface area contributed by atoms with Gasteiger partial charge in [-0.3, -0.25) is 4.57 Å². The van der Waals surface area contributed by atoms with E-state index in [4.69, 9.17) is 32.7 Å². The number of aromatic nitrogens is 2. The van der Waals surface area contributed by atoms with Gasteiger partial charge in [-0.1, -0.05) is 54.6 Å². The second-order valence-electron chi connectivity index (χ2n) is 14.5. The molecule has 0 saturated carbocycles. The van der Waals surface area contributed by atoms with E-state index in [0.717, 1.165) is 16.7 Å². The zero-order valence-corrected chi connectivity index (χ0v) is 34.8. The maximum absolute atomic E-state index is 13.6. The molecule has 0 amide bonds. The van der Waals surface area contributed by atoms with Crippen LogP contribution < -0.4 is 19.9 Å². The van der Waals surface area contributed by atoms with Gasteiger partial charge in [0.15, 0.2) is 0 Å². The Balaban J connectivity index is 1.60. The predicted molar refractivity (Wildman–Crippen MR) is 216 cm³/mol. The van der Waals surface area contributed by atoms with E-state index in [9.17, 15) is 10.1 Å². The van der Waals surface area contributed by atoms with Crippen LogP contribution in [0, 0.1) is 18.3 Å². The van der Waals surface area contributed by atoms with Crippen molar-refractivity contribution in [3.63, 3.8) is 0 Å². The molecule has 1 unspecified atom stereocenters. The SMILES string of the molecule is COc1ccc(C(OC[C@H]2O[C@@H](n3cc(C)c(OC(C)C)nc3=O)C[C@@H]2OP(OCCC#N)N(C(C)C)C(C)C)(c2ccccc2)c2ccc(OC)cc2)cc1. The van der Waals surface area contributed by atoms with Gasteiger partial charge in [0.05, 0.1) is 52.1 Å². The number of hydrogen-bond donors (Lipinski definition) is 0. The van der Waals surface area contributed by atoms with Gasteiger partial charge in [-0.25, -0.2) is 9.46 Å². The van der Waals surface area contributed by atoms with Crippen molar-refractivity contribution in [1.82, 2.24) is 14.2 Å². The van der Waals surface area contributed by atoms with Crippen LogP contribution in [0.5, 0.6) is 17.4 Å². The van der Waals surface area contributed by atoms with Crippen molar-refractivity contribution >= 4 is 8.53 Å². The van der Waals surface area contributed by atoms with Gasteiger partial charge in [0, 0.05) is 30.3 Å². The maximum Gasteiger partial charge on any atom is 0.352 e. The standard InChI is InChI=1S/C43H55N4O8P/c1-29(2)47(30(3)4)56(52-25-13-24-44)55-38-26-40(46-27-32(7)41(45-42(46)48)53-31(5)6)54-39(38)28-51-43(33-14-11-10-12-15-33,34-16-20-36(49-8)21-17-34)35-18-22-37(50-9)23-19-35/h10-12,14-23,27,29-31,38-40H,13,25-26,28H2,1-9H3/t38-,39+,40+,56?/m0/s1. The Bertz CT molecular complexity index is 1880. The van der Waals surface area contributed by atoms with Crippen LogP contribution in [0.3, 0.4) is 0 Å². The summed E-state index contributed by atoms with van der Waals surface area (Å²) < 4.78 is 47.9. The molecular weight excluding hydrogens is 731 g/mol. The average molecular weight is 787 g/mol. The van der Waals surface area contributed by atoms with Crippen LogP contribution in [-0.4, -0.2) is 72.1 Å². The molecule has 0 spiro atoms. The van der Waals surface area contributed by atoms with Crippen LogP contribution >= 0.6 is 8.53 Å². The molecule has 4 atom stereocenters. The highest BCUT2D eigenvalue weighted by molar-refractivity contribution is 7.44. The summed E-state index contributed by atoms with van der Waals surface area (Å²) in [6.45, 7) is 14.3. The Hall–Kier alpha value is -4.34. The van der Waals surface area contributed by atoms with Crippen molar-refractivity contribution in [2.45, 2.75) is 104 Å². The van der Waals surface area contributed by atoms with Gasteiger partial charge in [-0.2, -0.15) is 10.2 Å². The van der Waals surface area contributed by atoms with Crippen LogP contribution in [0.2, 0.25) is 0 Å². The monoisotopic (exact) mass is 786 g/mol. The molecule has 56 heavy (non-hydrogen) atoms. The summed E-state index contributed by atoms with van der Waals surface area (Å²) in [5.74, 6) is 1.71. The third-order valence-electron chi connectivity index (χ3n) is 9.45. The lowest BCUT2D eigenvalue weighted by Gasteiger charge is -2.39. The van der Waals surface area contributed by atoms with Crippen molar-refractivity contribution in [2.24, 2.45) is 0 Å². The molecule has 1 fully saturated rings. The van der Waals surface area contributed by atoms with Crippen molar-refractivity contribution < 1.29 is 32.7 Å². The van der Waals surface area contributed by atoms with Gasteiger partial charge in [0.25, 0.3) is 8.53 Å². The van der Waals surface area contributed by atoms with Gasteiger partial charge in [-0.15, -0.1) is 0 Å². The van der Waals surface area contributed by atoms with E-state index in [1.165, 1.54) is 4.57 Å². The maximum atomic E-state index is 13.6. The molecule has 0 bridgehead atoms. The number of hydrogen-bond acceptors (Lipinski definition) is 11. The van der Waals surface area contributed by atoms with Crippen molar-refractivity contribution in [1.29, 1.82) is 5.26 Å².